The monoisotopic (exact) mass is 266 g/mol. The van der Waals surface area contributed by atoms with Crippen molar-refractivity contribution in [2.45, 2.75) is 89.6 Å². The van der Waals surface area contributed by atoms with Gasteiger partial charge in [0.1, 0.15) is 0 Å². The van der Waals surface area contributed by atoms with Gasteiger partial charge >= 0.3 is 0 Å². The van der Waals surface area contributed by atoms with Crippen molar-refractivity contribution in [2.75, 3.05) is 13.1 Å². The summed E-state index contributed by atoms with van der Waals surface area (Å²) in [5.74, 6) is 0.989. The molecule has 19 heavy (non-hydrogen) atoms. The Balaban J connectivity index is 1.94. The second-order valence-corrected chi connectivity index (χ2v) is 6.77. The van der Waals surface area contributed by atoms with Gasteiger partial charge in [0.2, 0.25) is 0 Å². The van der Waals surface area contributed by atoms with Crippen LogP contribution in [0.3, 0.4) is 0 Å². The van der Waals surface area contributed by atoms with Crippen LogP contribution in [0.25, 0.3) is 0 Å². The van der Waals surface area contributed by atoms with E-state index in [0.717, 1.165) is 24.5 Å². The summed E-state index contributed by atoms with van der Waals surface area (Å²) in [6.45, 7) is 4.48. The van der Waals surface area contributed by atoms with Crippen LogP contribution < -0.4 is 5.73 Å². The minimum atomic E-state index is 0.854. The fraction of sp³-hybridized carbons (Fsp3) is 1.00. The summed E-state index contributed by atoms with van der Waals surface area (Å²) in [6, 6.07) is 1.74. The highest BCUT2D eigenvalue weighted by Crippen LogP contribution is 2.33. The van der Waals surface area contributed by atoms with Gasteiger partial charge in [0.25, 0.3) is 0 Å². The van der Waals surface area contributed by atoms with Crippen LogP contribution in [0, 0.1) is 5.92 Å². The smallest absolute Gasteiger partial charge is 0.0101 e. The second-order valence-electron chi connectivity index (χ2n) is 6.77. The van der Waals surface area contributed by atoms with E-state index in [4.69, 9.17) is 5.73 Å². The molecule has 2 nitrogen and oxygen atoms in total. The minimum absolute atomic E-state index is 0.854. The van der Waals surface area contributed by atoms with Gasteiger partial charge in [-0.2, -0.15) is 0 Å². The lowest BCUT2D eigenvalue weighted by Gasteiger charge is -2.43. The average molecular weight is 266 g/mol. The molecule has 2 heteroatoms. The van der Waals surface area contributed by atoms with E-state index in [1.54, 1.807) is 0 Å². The zero-order valence-electron chi connectivity index (χ0n) is 12.9. The zero-order valence-corrected chi connectivity index (χ0v) is 12.9. The number of hydrogen-bond acceptors (Lipinski definition) is 2. The van der Waals surface area contributed by atoms with Crippen molar-refractivity contribution in [1.29, 1.82) is 0 Å². The van der Waals surface area contributed by atoms with Crippen LogP contribution in [0.4, 0.5) is 0 Å². The molecule has 2 unspecified atom stereocenters. The molecular weight excluding hydrogens is 232 g/mol. The molecule has 0 amide bonds. The summed E-state index contributed by atoms with van der Waals surface area (Å²) in [5.41, 5.74) is 5.76. The Kier molecular flexibility index (Phi) is 6.66. The maximum Gasteiger partial charge on any atom is 0.0101 e. The van der Waals surface area contributed by atoms with Crippen molar-refractivity contribution in [3.8, 4) is 0 Å². The highest BCUT2D eigenvalue weighted by Gasteiger charge is 2.30. The number of hydrogen-bond donors (Lipinski definition) is 1. The molecule has 2 aliphatic rings. The molecule has 2 saturated carbocycles. The summed E-state index contributed by atoms with van der Waals surface area (Å²) in [6.07, 6.45) is 15.6. The van der Waals surface area contributed by atoms with E-state index in [9.17, 15) is 0 Å². The molecule has 0 aliphatic heterocycles. The number of nitrogens with two attached hydrogens (primary N) is 1. The number of nitrogens with zero attached hydrogens (tertiary/aromatic N) is 1. The molecule has 2 fully saturated rings. The van der Waals surface area contributed by atoms with Crippen LogP contribution in [-0.2, 0) is 0 Å². The van der Waals surface area contributed by atoms with Crippen molar-refractivity contribution >= 4 is 0 Å². The third-order valence-corrected chi connectivity index (χ3v) is 5.47. The molecule has 0 aromatic carbocycles. The quantitative estimate of drug-likeness (QED) is 0.789. The van der Waals surface area contributed by atoms with Gasteiger partial charge in [0.05, 0.1) is 0 Å². The van der Waals surface area contributed by atoms with Crippen LogP contribution in [0.2, 0.25) is 0 Å². The second kappa shape index (κ2) is 8.26. The topological polar surface area (TPSA) is 29.3 Å². The molecule has 2 aliphatic carbocycles. The van der Waals surface area contributed by atoms with Crippen molar-refractivity contribution in [3.63, 3.8) is 0 Å². The van der Waals surface area contributed by atoms with Gasteiger partial charge in [-0.1, -0.05) is 45.4 Å². The van der Waals surface area contributed by atoms with E-state index in [1.807, 2.05) is 0 Å². The molecule has 0 aromatic heterocycles. The Morgan fingerprint density at radius 3 is 2.37 bits per heavy atom. The zero-order chi connectivity index (χ0) is 13.5. The van der Waals surface area contributed by atoms with E-state index in [0.29, 0.717) is 0 Å². The minimum Gasteiger partial charge on any atom is -0.330 e. The van der Waals surface area contributed by atoms with Crippen molar-refractivity contribution in [3.05, 3.63) is 0 Å². The lowest BCUT2D eigenvalue weighted by Crippen LogP contribution is -2.47. The Morgan fingerprint density at radius 1 is 0.947 bits per heavy atom. The van der Waals surface area contributed by atoms with Gasteiger partial charge in [-0.25, -0.2) is 0 Å². The molecule has 0 heterocycles. The lowest BCUT2D eigenvalue weighted by molar-refractivity contribution is 0.0648. The molecule has 2 atom stereocenters. The predicted octanol–water partition coefficient (Wildman–Crippen LogP) is 3.94. The summed E-state index contributed by atoms with van der Waals surface area (Å²) >= 11 is 0. The largest absolute Gasteiger partial charge is 0.330 e. The van der Waals surface area contributed by atoms with Crippen molar-refractivity contribution < 1.29 is 0 Å². The van der Waals surface area contributed by atoms with Crippen LogP contribution >= 0.6 is 0 Å². The molecule has 0 bridgehead atoms. The van der Waals surface area contributed by atoms with Crippen molar-refractivity contribution in [1.82, 2.24) is 4.90 Å². The maximum absolute atomic E-state index is 5.76. The predicted molar refractivity (Wildman–Crippen MR) is 83.3 cm³/mol. The molecule has 112 valence electrons. The van der Waals surface area contributed by atoms with E-state index < -0.39 is 0 Å². The normalized spacial score (nSPS) is 29.8. The van der Waals surface area contributed by atoms with Crippen LogP contribution in [-0.4, -0.2) is 30.1 Å². The SMILES string of the molecule is CCC1CCCC(N(CCCN)C2CCCCC2)C1. The average Bonchev–Trinajstić information content (AvgIpc) is 2.49. The fourth-order valence-corrected chi connectivity index (χ4v) is 4.28. The highest BCUT2D eigenvalue weighted by molar-refractivity contribution is 4.85. The molecule has 0 saturated heterocycles. The summed E-state index contributed by atoms with van der Waals surface area (Å²) < 4.78 is 0. The van der Waals surface area contributed by atoms with E-state index in [-0.39, 0.29) is 0 Å². The van der Waals surface area contributed by atoms with E-state index >= 15 is 0 Å². The van der Waals surface area contributed by atoms with Crippen LogP contribution in [0.1, 0.15) is 77.6 Å². The van der Waals surface area contributed by atoms with Gasteiger partial charge in [0.15, 0.2) is 0 Å². The van der Waals surface area contributed by atoms with Gasteiger partial charge in [-0.15, -0.1) is 0 Å². The number of rotatable bonds is 6. The van der Waals surface area contributed by atoms with Gasteiger partial charge < -0.3 is 5.73 Å². The van der Waals surface area contributed by atoms with Gasteiger partial charge in [0, 0.05) is 12.1 Å². The first-order valence-corrected chi connectivity index (χ1v) is 8.81. The summed E-state index contributed by atoms with van der Waals surface area (Å²) in [4.78, 5) is 2.88. The first kappa shape index (κ1) is 15.3. The standard InChI is InChI=1S/C17H34N2/c1-2-15-8-6-11-17(14-15)19(13-7-12-18)16-9-4-3-5-10-16/h15-17H,2-14,18H2,1H3. The first-order chi connectivity index (χ1) is 9.35. The fourth-order valence-electron chi connectivity index (χ4n) is 4.28. The van der Waals surface area contributed by atoms with Crippen molar-refractivity contribution in [2.24, 2.45) is 11.7 Å². The lowest BCUT2D eigenvalue weighted by atomic mass is 9.82. The summed E-state index contributed by atoms with van der Waals surface area (Å²) in [7, 11) is 0. The molecule has 0 spiro atoms. The van der Waals surface area contributed by atoms with Gasteiger partial charge in [-0.3, -0.25) is 4.90 Å². The summed E-state index contributed by atoms with van der Waals surface area (Å²) in [5, 5.41) is 0. The van der Waals surface area contributed by atoms with E-state index in [2.05, 4.69) is 11.8 Å². The van der Waals surface area contributed by atoms with Gasteiger partial charge in [-0.05, 0) is 51.1 Å². The molecule has 0 radical (unpaired) electrons. The van der Waals surface area contributed by atoms with Crippen LogP contribution in [0.5, 0.6) is 0 Å². The van der Waals surface area contributed by atoms with Crippen LogP contribution in [0.15, 0.2) is 0 Å². The van der Waals surface area contributed by atoms with E-state index in [1.165, 1.54) is 77.2 Å². The third kappa shape index (κ3) is 4.46. The maximum atomic E-state index is 5.76. The molecular formula is C17H34N2. The molecule has 2 N–H and O–H groups in total. The third-order valence-electron chi connectivity index (χ3n) is 5.47. The molecule has 0 aromatic rings. The Hall–Kier alpha value is -0.0800. The Labute approximate surface area is 120 Å². The Bertz CT molecular complexity index is 235. The Morgan fingerprint density at radius 2 is 1.68 bits per heavy atom. The first-order valence-electron chi connectivity index (χ1n) is 8.81. The highest BCUT2D eigenvalue weighted by atomic mass is 15.2. The molecule has 2 rings (SSSR count).